The van der Waals surface area contributed by atoms with E-state index in [0.29, 0.717) is 6.54 Å². The predicted octanol–water partition coefficient (Wildman–Crippen LogP) is 1.99. The SMILES string of the molecule is CC(C)NC(=O)NCc1cccc(C=CC(=O)O)c1. The largest absolute Gasteiger partial charge is 0.478 e. The zero-order valence-electron chi connectivity index (χ0n) is 11.0. The standard InChI is InChI=1S/C14H18N2O3/c1-10(2)16-14(19)15-9-12-5-3-4-11(8-12)6-7-13(17)18/h3-8,10H,9H2,1-2H3,(H,17,18)(H2,15,16,19). The van der Waals surface area contributed by atoms with Gasteiger partial charge in [-0.2, -0.15) is 0 Å². The number of carbonyl (C=O) groups excluding carboxylic acids is 1. The van der Waals surface area contributed by atoms with Crippen molar-refractivity contribution in [2.45, 2.75) is 26.4 Å². The van der Waals surface area contributed by atoms with Gasteiger partial charge in [0, 0.05) is 18.7 Å². The molecule has 2 amide bonds. The monoisotopic (exact) mass is 262 g/mol. The van der Waals surface area contributed by atoms with Crippen molar-refractivity contribution in [3.8, 4) is 0 Å². The van der Waals surface area contributed by atoms with E-state index in [9.17, 15) is 9.59 Å². The van der Waals surface area contributed by atoms with Crippen LogP contribution in [-0.2, 0) is 11.3 Å². The molecule has 0 spiro atoms. The maximum Gasteiger partial charge on any atom is 0.328 e. The Kier molecular flexibility index (Phi) is 5.60. The van der Waals surface area contributed by atoms with Gasteiger partial charge in [0.15, 0.2) is 0 Å². The molecule has 1 aromatic carbocycles. The average Bonchev–Trinajstić information content (AvgIpc) is 2.34. The van der Waals surface area contributed by atoms with Crippen LogP contribution in [0.1, 0.15) is 25.0 Å². The second-order valence-corrected chi connectivity index (χ2v) is 4.40. The molecule has 3 N–H and O–H groups in total. The fourth-order valence-corrected chi connectivity index (χ4v) is 1.47. The van der Waals surface area contributed by atoms with Gasteiger partial charge < -0.3 is 15.7 Å². The fourth-order valence-electron chi connectivity index (χ4n) is 1.47. The van der Waals surface area contributed by atoms with Gasteiger partial charge >= 0.3 is 12.0 Å². The molecule has 0 aliphatic heterocycles. The Morgan fingerprint density at radius 3 is 2.74 bits per heavy atom. The van der Waals surface area contributed by atoms with E-state index in [0.717, 1.165) is 17.2 Å². The molecule has 1 rings (SSSR count). The lowest BCUT2D eigenvalue weighted by atomic mass is 10.1. The van der Waals surface area contributed by atoms with Crippen LogP contribution in [0.5, 0.6) is 0 Å². The summed E-state index contributed by atoms with van der Waals surface area (Å²) in [6, 6.07) is 7.19. The molecule has 19 heavy (non-hydrogen) atoms. The number of hydrogen-bond donors (Lipinski definition) is 3. The van der Waals surface area contributed by atoms with Gasteiger partial charge in [-0.05, 0) is 37.1 Å². The van der Waals surface area contributed by atoms with Gasteiger partial charge in [0.05, 0.1) is 0 Å². The van der Waals surface area contributed by atoms with Crippen molar-refractivity contribution < 1.29 is 14.7 Å². The lowest BCUT2D eigenvalue weighted by Gasteiger charge is -2.10. The average molecular weight is 262 g/mol. The number of benzene rings is 1. The highest BCUT2D eigenvalue weighted by atomic mass is 16.4. The van der Waals surface area contributed by atoms with Crippen molar-refractivity contribution in [2.75, 3.05) is 0 Å². The number of carboxylic acids is 1. The van der Waals surface area contributed by atoms with Gasteiger partial charge in [0.1, 0.15) is 0 Å². The summed E-state index contributed by atoms with van der Waals surface area (Å²) in [5.74, 6) is -0.986. The van der Waals surface area contributed by atoms with E-state index in [1.165, 1.54) is 6.08 Å². The summed E-state index contributed by atoms with van der Waals surface area (Å²) in [5, 5.41) is 14.0. The van der Waals surface area contributed by atoms with E-state index in [1.54, 1.807) is 6.07 Å². The first-order chi connectivity index (χ1) is 8.97. The zero-order valence-corrected chi connectivity index (χ0v) is 11.0. The quantitative estimate of drug-likeness (QED) is 0.710. The van der Waals surface area contributed by atoms with Gasteiger partial charge in [-0.1, -0.05) is 18.2 Å². The number of nitrogens with one attached hydrogen (secondary N) is 2. The third-order valence-electron chi connectivity index (χ3n) is 2.24. The van der Waals surface area contributed by atoms with Crippen LogP contribution < -0.4 is 10.6 Å². The number of rotatable bonds is 5. The van der Waals surface area contributed by atoms with Crippen LogP contribution in [0.4, 0.5) is 4.79 Å². The van der Waals surface area contributed by atoms with Gasteiger partial charge in [0.25, 0.3) is 0 Å². The molecule has 102 valence electrons. The number of carboxylic acid groups (broad SMARTS) is 1. The van der Waals surface area contributed by atoms with E-state index in [2.05, 4.69) is 10.6 Å². The van der Waals surface area contributed by atoms with Crippen molar-refractivity contribution >= 4 is 18.1 Å². The molecule has 0 saturated carbocycles. The number of aliphatic carboxylic acids is 1. The number of hydrogen-bond acceptors (Lipinski definition) is 2. The number of urea groups is 1. The predicted molar refractivity (Wildman–Crippen MR) is 73.6 cm³/mol. The Bertz CT molecular complexity index is 481. The summed E-state index contributed by atoms with van der Waals surface area (Å²) in [5.41, 5.74) is 1.69. The number of amides is 2. The highest BCUT2D eigenvalue weighted by Crippen LogP contribution is 2.07. The smallest absolute Gasteiger partial charge is 0.328 e. The summed E-state index contributed by atoms with van der Waals surface area (Å²) in [7, 11) is 0. The second-order valence-electron chi connectivity index (χ2n) is 4.40. The minimum absolute atomic E-state index is 0.0878. The second kappa shape index (κ2) is 7.20. The Balaban J connectivity index is 2.57. The molecule has 0 bridgehead atoms. The van der Waals surface area contributed by atoms with E-state index in [4.69, 9.17) is 5.11 Å². The summed E-state index contributed by atoms with van der Waals surface area (Å²) in [6.45, 7) is 4.17. The van der Waals surface area contributed by atoms with Crippen molar-refractivity contribution in [1.29, 1.82) is 0 Å². The molecule has 1 aromatic rings. The Hall–Kier alpha value is -2.30. The van der Waals surface area contributed by atoms with Crippen molar-refractivity contribution in [1.82, 2.24) is 10.6 Å². The molecule has 5 heteroatoms. The van der Waals surface area contributed by atoms with Crippen LogP contribution >= 0.6 is 0 Å². The molecule has 0 aromatic heterocycles. The Morgan fingerprint density at radius 1 is 1.37 bits per heavy atom. The van der Waals surface area contributed by atoms with Gasteiger partial charge in [-0.25, -0.2) is 9.59 Å². The first-order valence-corrected chi connectivity index (χ1v) is 6.01. The normalized spacial score (nSPS) is 10.7. The summed E-state index contributed by atoms with van der Waals surface area (Å²) >= 11 is 0. The molecule has 0 unspecified atom stereocenters. The van der Waals surface area contributed by atoms with Crippen LogP contribution in [-0.4, -0.2) is 23.1 Å². The highest BCUT2D eigenvalue weighted by Gasteiger charge is 2.02. The first kappa shape index (κ1) is 14.8. The molecule has 5 nitrogen and oxygen atoms in total. The van der Waals surface area contributed by atoms with Crippen LogP contribution in [0.3, 0.4) is 0 Å². The zero-order chi connectivity index (χ0) is 14.3. The minimum Gasteiger partial charge on any atom is -0.478 e. The van der Waals surface area contributed by atoms with E-state index < -0.39 is 5.97 Å². The molecule has 0 aliphatic rings. The topological polar surface area (TPSA) is 78.4 Å². The summed E-state index contributed by atoms with van der Waals surface area (Å²) in [4.78, 5) is 21.8. The molecular weight excluding hydrogens is 244 g/mol. The van der Waals surface area contributed by atoms with Crippen LogP contribution in [0.15, 0.2) is 30.3 Å². The van der Waals surface area contributed by atoms with Gasteiger partial charge in [-0.3, -0.25) is 0 Å². The first-order valence-electron chi connectivity index (χ1n) is 6.01. The maximum absolute atomic E-state index is 11.4. The molecule has 0 atom stereocenters. The molecular formula is C14H18N2O3. The summed E-state index contributed by atoms with van der Waals surface area (Å²) < 4.78 is 0. The van der Waals surface area contributed by atoms with Crippen LogP contribution in [0.2, 0.25) is 0 Å². The molecule has 0 heterocycles. The molecule has 0 fully saturated rings. The third-order valence-corrected chi connectivity index (χ3v) is 2.24. The van der Waals surface area contributed by atoms with Crippen LogP contribution in [0, 0.1) is 0 Å². The minimum atomic E-state index is -0.986. The third kappa shape index (κ3) is 6.26. The lowest BCUT2D eigenvalue weighted by molar-refractivity contribution is -0.131. The Labute approximate surface area is 112 Å². The van der Waals surface area contributed by atoms with E-state index in [1.807, 2.05) is 32.0 Å². The summed E-state index contributed by atoms with van der Waals surface area (Å²) in [6.07, 6.45) is 2.60. The molecule has 0 saturated heterocycles. The van der Waals surface area contributed by atoms with Crippen LogP contribution in [0.25, 0.3) is 6.08 Å². The maximum atomic E-state index is 11.4. The van der Waals surface area contributed by atoms with Gasteiger partial charge in [-0.15, -0.1) is 0 Å². The number of carbonyl (C=O) groups is 2. The molecule has 0 radical (unpaired) electrons. The fraction of sp³-hybridized carbons (Fsp3) is 0.286. The molecule has 0 aliphatic carbocycles. The Morgan fingerprint density at radius 2 is 2.11 bits per heavy atom. The lowest BCUT2D eigenvalue weighted by Crippen LogP contribution is -2.39. The van der Waals surface area contributed by atoms with Gasteiger partial charge in [0.2, 0.25) is 0 Å². The highest BCUT2D eigenvalue weighted by molar-refractivity contribution is 5.85. The van der Waals surface area contributed by atoms with E-state index in [-0.39, 0.29) is 12.1 Å². The van der Waals surface area contributed by atoms with Crippen molar-refractivity contribution in [3.05, 3.63) is 41.5 Å². The van der Waals surface area contributed by atoms with Crippen molar-refractivity contribution in [2.24, 2.45) is 0 Å². The van der Waals surface area contributed by atoms with Crippen molar-refractivity contribution in [3.63, 3.8) is 0 Å². The van der Waals surface area contributed by atoms with E-state index >= 15 is 0 Å².